The van der Waals surface area contributed by atoms with Crippen LogP contribution in [0, 0.1) is 0 Å². The zero-order valence-corrected chi connectivity index (χ0v) is 16.0. The minimum absolute atomic E-state index is 0.135. The molecule has 2 N–H and O–H groups in total. The van der Waals surface area contributed by atoms with Crippen molar-refractivity contribution in [1.29, 1.82) is 0 Å². The van der Waals surface area contributed by atoms with Gasteiger partial charge in [-0.2, -0.15) is 0 Å². The van der Waals surface area contributed by atoms with E-state index < -0.39 is 10.0 Å². The third-order valence-corrected chi connectivity index (χ3v) is 5.29. The van der Waals surface area contributed by atoms with Gasteiger partial charge in [-0.15, -0.1) is 0 Å². The Balaban J connectivity index is 1.93. The quantitative estimate of drug-likeness (QED) is 0.742. The van der Waals surface area contributed by atoms with Crippen LogP contribution in [0.1, 0.15) is 25.8 Å². The molecule has 0 aliphatic heterocycles. The molecule has 0 radical (unpaired) electrons. The van der Waals surface area contributed by atoms with E-state index in [2.05, 4.69) is 10.0 Å². The molecule has 0 bridgehead atoms. The lowest BCUT2D eigenvalue weighted by Gasteiger charge is -2.10. The molecule has 0 spiro atoms. The maximum absolute atomic E-state index is 12.1. The van der Waals surface area contributed by atoms with Crippen LogP contribution in [0.4, 0.5) is 5.69 Å². The van der Waals surface area contributed by atoms with Gasteiger partial charge in [0.15, 0.2) is 0 Å². The number of carbonyl (C=O) groups is 1. The van der Waals surface area contributed by atoms with Gasteiger partial charge in [0.05, 0.1) is 12.0 Å². The summed E-state index contributed by atoms with van der Waals surface area (Å²) in [6.07, 6.45) is 0.913. The van der Waals surface area contributed by atoms with Crippen molar-refractivity contribution in [2.75, 3.05) is 12.4 Å². The highest BCUT2D eigenvalue weighted by atomic mass is 32.2. The molecule has 0 fully saturated rings. The first kappa shape index (κ1) is 19.9. The SMILES string of the molecule is COc1cccc(CCC(=O)Nc2ccc(S(=O)(=O)NC(C)C)cc2)c1. The number of methoxy groups -OCH3 is 1. The van der Waals surface area contributed by atoms with Crippen LogP contribution in [0.5, 0.6) is 5.75 Å². The van der Waals surface area contributed by atoms with E-state index in [1.54, 1.807) is 33.1 Å². The van der Waals surface area contributed by atoms with E-state index in [1.165, 1.54) is 12.1 Å². The lowest BCUT2D eigenvalue weighted by molar-refractivity contribution is -0.116. The summed E-state index contributed by atoms with van der Waals surface area (Å²) in [5.74, 6) is 0.624. The van der Waals surface area contributed by atoms with Gasteiger partial charge < -0.3 is 10.1 Å². The highest BCUT2D eigenvalue weighted by Gasteiger charge is 2.15. The van der Waals surface area contributed by atoms with Gasteiger partial charge in [0.2, 0.25) is 15.9 Å². The Bertz CT molecular complexity index is 846. The minimum Gasteiger partial charge on any atom is -0.497 e. The predicted octanol–water partition coefficient (Wildman–Crippen LogP) is 2.95. The number of benzene rings is 2. The Morgan fingerprint density at radius 1 is 1.12 bits per heavy atom. The summed E-state index contributed by atoms with van der Waals surface area (Å²) in [6.45, 7) is 3.52. The summed E-state index contributed by atoms with van der Waals surface area (Å²) in [7, 11) is -1.93. The number of hydrogen-bond acceptors (Lipinski definition) is 4. The van der Waals surface area contributed by atoms with Crippen molar-refractivity contribution < 1.29 is 17.9 Å². The van der Waals surface area contributed by atoms with E-state index in [0.29, 0.717) is 18.5 Å². The van der Waals surface area contributed by atoms with E-state index in [9.17, 15) is 13.2 Å². The molecule has 140 valence electrons. The first-order valence-electron chi connectivity index (χ1n) is 8.35. The monoisotopic (exact) mass is 376 g/mol. The Morgan fingerprint density at radius 3 is 2.42 bits per heavy atom. The fourth-order valence-corrected chi connectivity index (χ4v) is 3.66. The molecule has 0 aliphatic rings. The second-order valence-electron chi connectivity index (χ2n) is 6.20. The van der Waals surface area contributed by atoms with Crippen molar-refractivity contribution in [3.63, 3.8) is 0 Å². The molecule has 2 rings (SSSR count). The molecule has 6 nitrogen and oxygen atoms in total. The Labute approximate surface area is 154 Å². The van der Waals surface area contributed by atoms with E-state index in [4.69, 9.17) is 4.74 Å². The normalized spacial score (nSPS) is 11.4. The van der Waals surface area contributed by atoms with Crippen LogP contribution in [0.2, 0.25) is 0 Å². The zero-order valence-electron chi connectivity index (χ0n) is 15.2. The van der Waals surface area contributed by atoms with Gasteiger partial charge in [0.1, 0.15) is 5.75 Å². The third-order valence-electron chi connectivity index (χ3n) is 3.61. The molecule has 1 amide bonds. The van der Waals surface area contributed by atoms with Crippen molar-refractivity contribution in [2.24, 2.45) is 0 Å². The Hall–Kier alpha value is -2.38. The maximum Gasteiger partial charge on any atom is 0.240 e. The summed E-state index contributed by atoms with van der Waals surface area (Å²) in [5.41, 5.74) is 1.57. The van der Waals surface area contributed by atoms with E-state index >= 15 is 0 Å². The van der Waals surface area contributed by atoms with Crippen LogP contribution in [-0.2, 0) is 21.2 Å². The van der Waals surface area contributed by atoms with Crippen LogP contribution in [0.25, 0.3) is 0 Å². The number of carbonyl (C=O) groups excluding carboxylic acids is 1. The van der Waals surface area contributed by atoms with Gasteiger partial charge in [-0.25, -0.2) is 13.1 Å². The maximum atomic E-state index is 12.1. The van der Waals surface area contributed by atoms with Crippen molar-refractivity contribution in [3.8, 4) is 5.75 Å². The molecule has 0 saturated heterocycles. The van der Waals surface area contributed by atoms with Crippen LogP contribution in [-0.4, -0.2) is 27.5 Å². The summed E-state index contributed by atoms with van der Waals surface area (Å²) >= 11 is 0. The van der Waals surface area contributed by atoms with Crippen molar-refractivity contribution >= 4 is 21.6 Å². The molecule has 0 saturated carbocycles. The molecular formula is C19H24N2O4S. The van der Waals surface area contributed by atoms with Gasteiger partial charge in [0, 0.05) is 18.2 Å². The average molecular weight is 376 g/mol. The summed E-state index contributed by atoms with van der Waals surface area (Å²) in [6, 6.07) is 13.5. The molecule has 2 aromatic carbocycles. The molecule has 26 heavy (non-hydrogen) atoms. The number of anilines is 1. The Kier molecular flexibility index (Phi) is 6.76. The molecule has 0 heterocycles. The second-order valence-corrected chi connectivity index (χ2v) is 7.91. The third kappa shape index (κ3) is 5.86. The number of aryl methyl sites for hydroxylation is 1. The van der Waals surface area contributed by atoms with E-state index in [-0.39, 0.29) is 16.8 Å². The molecular weight excluding hydrogens is 352 g/mol. The van der Waals surface area contributed by atoms with Crippen LogP contribution in [0.15, 0.2) is 53.4 Å². The highest BCUT2D eigenvalue weighted by molar-refractivity contribution is 7.89. The molecule has 0 atom stereocenters. The van der Waals surface area contributed by atoms with Crippen LogP contribution in [0.3, 0.4) is 0 Å². The largest absolute Gasteiger partial charge is 0.497 e. The number of hydrogen-bond donors (Lipinski definition) is 2. The summed E-state index contributed by atoms with van der Waals surface area (Å²) < 4.78 is 31.8. The van der Waals surface area contributed by atoms with Gasteiger partial charge in [-0.3, -0.25) is 4.79 Å². The molecule has 0 unspecified atom stereocenters. The van der Waals surface area contributed by atoms with Crippen LogP contribution < -0.4 is 14.8 Å². The second kappa shape index (κ2) is 8.82. The van der Waals surface area contributed by atoms with Crippen molar-refractivity contribution in [1.82, 2.24) is 4.72 Å². The molecule has 7 heteroatoms. The average Bonchev–Trinajstić information content (AvgIpc) is 2.59. The first-order valence-corrected chi connectivity index (χ1v) is 9.83. The number of sulfonamides is 1. The highest BCUT2D eigenvalue weighted by Crippen LogP contribution is 2.16. The topological polar surface area (TPSA) is 84.5 Å². The predicted molar refractivity (Wildman–Crippen MR) is 102 cm³/mol. The lowest BCUT2D eigenvalue weighted by Crippen LogP contribution is -2.30. The smallest absolute Gasteiger partial charge is 0.240 e. The van der Waals surface area contributed by atoms with Gasteiger partial charge >= 0.3 is 0 Å². The molecule has 2 aromatic rings. The number of amides is 1. The van der Waals surface area contributed by atoms with E-state index in [0.717, 1.165) is 11.3 Å². The van der Waals surface area contributed by atoms with E-state index in [1.807, 2.05) is 24.3 Å². The lowest BCUT2D eigenvalue weighted by atomic mass is 10.1. The summed E-state index contributed by atoms with van der Waals surface area (Å²) in [5, 5.41) is 2.77. The molecule has 0 aromatic heterocycles. The van der Waals surface area contributed by atoms with Gasteiger partial charge in [-0.05, 0) is 62.2 Å². The zero-order chi connectivity index (χ0) is 19.2. The first-order chi connectivity index (χ1) is 12.3. The molecule has 0 aliphatic carbocycles. The standard InChI is InChI=1S/C19H24N2O4S/c1-14(2)21-26(23,24)18-10-8-16(9-11-18)20-19(22)12-7-15-5-4-6-17(13-15)25-3/h4-6,8-11,13-14,21H,7,12H2,1-3H3,(H,20,22). The fourth-order valence-electron chi connectivity index (χ4n) is 2.41. The number of rotatable bonds is 8. The van der Waals surface area contributed by atoms with Gasteiger partial charge in [0.25, 0.3) is 0 Å². The van der Waals surface area contributed by atoms with Crippen LogP contribution >= 0.6 is 0 Å². The van der Waals surface area contributed by atoms with Crippen molar-refractivity contribution in [3.05, 3.63) is 54.1 Å². The fraction of sp³-hybridized carbons (Fsp3) is 0.316. The Morgan fingerprint density at radius 2 is 1.81 bits per heavy atom. The van der Waals surface area contributed by atoms with Gasteiger partial charge in [-0.1, -0.05) is 12.1 Å². The summed E-state index contributed by atoms with van der Waals surface area (Å²) in [4.78, 5) is 12.3. The number of nitrogens with one attached hydrogen (secondary N) is 2. The minimum atomic E-state index is -3.53. The number of ether oxygens (including phenoxy) is 1. The van der Waals surface area contributed by atoms with Crippen molar-refractivity contribution in [2.45, 2.75) is 37.6 Å².